The number of rotatable bonds is 9. The Morgan fingerprint density at radius 3 is 2.60 bits per heavy atom. The van der Waals surface area contributed by atoms with E-state index in [0.717, 1.165) is 23.0 Å². The molecule has 1 aliphatic rings. The van der Waals surface area contributed by atoms with Crippen molar-refractivity contribution in [1.29, 1.82) is 0 Å². The van der Waals surface area contributed by atoms with Gasteiger partial charge < -0.3 is 16.0 Å². The first kappa shape index (κ1) is 26.8. The zero-order chi connectivity index (χ0) is 29.8. The number of imide groups is 1. The van der Waals surface area contributed by atoms with E-state index in [1.807, 2.05) is 40.6 Å². The summed E-state index contributed by atoms with van der Waals surface area (Å²) in [6.07, 6.45) is 3.07. The summed E-state index contributed by atoms with van der Waals surface area (Å²) in [5.74, 6) is -1.05. The van der Waals surface area contributed by atoms with E-state index in [-0.39, 0.29) is 17.2 Å². The van der Waals surface area contributed by atoms with Crippen molar-refractivity contribution in [2.45, 2.75) is 12.8 Å². The molecule has 0 fully saturated rings. The topological polar surface area (TPSA) is 113 Å². The van der Waals surface area contributed by atoms with Crippen molar-refractivity contribution >= 4 is 61.3 Å². The number of anilines is 2. The molecule has 3 heterocycles. The molecule has 216 valence electrons. The van der Waals surface area contributed by atoms with Gasteiger partial charge in [-0.15, -0.1) is 0 Å². The number of benzene rings is 4. The Balaban J connectivity index is 0.979. The molecule has 7 rings (SSSR count). The maximum atomic E-state index is 14.0. The van der Waals surface area contributed by atoms with Crippen LogP contribution in [0.5, 0.6) is 0 Å². The smallest absolute Gasteiger partial charge is 0.261 e. The van der Waals surface area contributed by atoms with Crippen molar-refractivity contribution < 1.29 is 14.0 Å². The molecule has 0 spiro atoms. The van der Waals surface area contributed by atoms with Crippen LogP contribution in [0.15, 0.2) is 71.8 Å². The lowest BCUT2D eigenvalue weighted by molar-refractivity contribution is 0.0609. The number of nitrogen functional groups attached to an aromatic ring is 1. The highest BCUT2D eigenvalue weighted by Crippen LogP contribution is 2.33. The van der Waals surface area contributed by atoms with Crippen LogP contribution < -0.4 is 21.4 Å². The standard InChI is InChI=1S/C33H29FN6O3/c1-38(27-10-8-25-30-29(27)31(41)23-16-20(34)7-9-26(23)40(30)18-37-25)13-3-11-36-12-4-14-39-32(42)22-6-2-5-19-15-21(35)17-24(28(19)22)33(39)43/h2,5-10,15-18,36H,3-4,11-14,35H2,1H3. The first-order valence-electron chi connectivity index (χ1n) is 14.3. The van der Waals surface area contributed by atoms with Crippen LogP contribution >= 0.6 is 0 Å². The molecule has 1 aliphatic heterocycles. The van der Waals surface area contributed by atoms with Crippen LogP contribution in [-0.4, -0.2) is 59.3 Å². The number of amides is 2. The lowest BCUT2D eigenvalue weighted by atomic mass is 9.93. The van der Waals surface area contributed by atoms with Gasteiger partial charge in [0.2, 0.25) is 0 Å². The number of pyridine rings is 1. The minimum absolute atomic E-state index is 0.212. The maximum Gasteiger partial charge on any atom is 0.261 e. The fourth-order valence-corrected chi connectivity index (χ4v) is 6.29. The van der Waals surface area contributed by atoms with Crippen molar-refractivity contribution in [2.24, 2.45) is 0 Å². The van der Waals surface area contributed by atoms with Gasteiger partial charge in [-0.25, -0.2) is 9.37 Å². The van der Waals surface area contributed by atoms with Crippen LogP contribution in [-0.2, 0) is 0 Å². The second kappa shape index (κ2) is 10.3. The number of nitrogens with zero attached hydrogens (tertiary/aromatic N) is 4. The van der Waals surface area contributed by atoms with Crippen molar-refractivity contribution in [2.75, 3.05) is 43.9 Å². The number of halogens is 1. The predicted molar refractivity (Wildman–Crippen MR) is 167 cm³/mol. The molecule has 0 unspecified atom stereocenters. The van der Waals surface area contributed by atoms with Crippen LogP contribution in [0.4, 0.5) is 15.8 Å². The highest BCUT2D eigenvalue weighted by Gasteiger charge is 2.32. The molecule has 0 bridgehead atoms. The first-order valence-corrected chi connectivity index (χ1v) is 14.3. The van der Waals surface area contributed by atoms with E-state index in [9.17, 15) is 18.8 Å². The van der Waals surface area contributed by atoms with Gasteiger partial charge in [-0.1, -0.05) is 12.1 Å². The monoisotopic (exact) mass is 576 g/mol. The summed E-state index contributed by atoms with van der Waals surface area (Å²) in [5.41, 5.74) is 10.1. The maximum absolute atomic E-state index is 14.0. The number of nitrogens with two attached hydrogens (primary N) is 1. The van der Waals surface area contributed by atoms with E-state index in [2.05, 4.69) is 10.3 Å². The summed E-state index contributed by atoms with van der Waals surface area (Å²) in [7, 11) is 1.94. The molecule has 0 atom stereocenters. The second-order valence-corrected chi connectivity index (χ2v) is 11.0. The van der Waals surface area contributed by atoms with Gasteiger partial charge in [-0.2, -0.15) is 0 Å². The third-order valence-electron chi connectivity index (χ3n) is 8.32. The average Bonchev–Trinajstić information content (AvgIpc) is 3.43. The number of fused-ring (bicyclic) bond motifs is 2. The SMILES string of the molecule is CN(CCCNCCCN1C(=O)c2cccc3cc(N)cc(c23)C1=O)c1ccc2ncn3c4ccc(F)cc4c(=O)c1c23. The zero-order valence-corrected chi connectivity index (χ0v) is 23.6. The number of carbonyl (C=O) groups is 2. The number of hydrogen-bond acceptors (Lipinski definition) is 7. The van der Waals surface area contributed by atoms with Gasteiger partial charge in [-0.3, -0.25) is 23.7 Å². The van der Waals surface area contributed by atoms with Crippen molar-refractivity contribution in [3.63, 3.8) is 0 Å². The van der Waals surface area contributed by atoms with E-state index in [0.29, 0.717) is 76.6 Å². The van der Waals surface area contributed by atoms with Crippen LogP contribution in [0, 0.1) is 5.82 Å². The molecule has 10 heteroatoms. The molecule has 0 aliphatic carbocycles. The van der Waals surface area contributed by atoms with E-state index in [4.69, 9.17) is 5.73 Å². The summed E-state index contributed by atoms with van der Waals surface area (Å²) < 4.78 is 15.9. The Labute approximate surface area is 245 Å². The zero-order valence-electron chi connectivity index (χ0n) is 23.6. The molecular formula is C33H29FN6O3. The van der Waals surface area contributed by atoms with Crippen LogP contribution in [0.2, 0.25) is 0 Å². The normalized spacial score (nSPS) is 13.3. The first-order chi connectivity index (χ1) is 20.8. The van der Waals surface area contributed by atoms with E-state index in [1.54, 1.807) is 30.6 Å². The Morgan fingerprint density at radius 1 is 0.930 bits per heavy atom. The van der Waals surface area contributed by atoms with E-state index < -0.39 is 5.82 Å². The number of carbonyl (C=O) groups excluding carboxylic acids is 2. The van der Waals surface area contributed by atoms with Crippen molar-refractivity contribution in [1.82, 2.24) is 19.6 Å². The molecule has 0 saturated heterocycles. The van der Waals surface area contributed by atoms with Crippen molar-refractivity contribution in [3.05, 3.63) is 94.2 Å². The molecule has 0 saturated carbocycles. The van der Waals surface area contributed by atoms with Crippen molar-refractivity contribution in [3.8, 4) is 0 Å². The highest BCUT2D eigenvalue weighted by atomic mass is 19.1. The molecule has 2 aromatic heterocycles. The lowest BCUT2D eigenvalue weighted by Gasteiger charge is -2.27. The highest BCUT2D eigenvalue weighted by molar-refractivity contribution is 6.25. The Morgan fingerprint density at radius 2 is 1.74 bits per heavy atom. The Hall–Kier alpha value is -5.09. The number of hydrogen-bond donors (Lipinski definition) is 2. The Bertz CT molecular complexity index is 2140. The van der Waals surface area contributed by atoms with E-state index in [1.165, 1.54) is 17.0 Å². The number of nitrogens with one attached hydrogen (secondary N) is 1. The molecular weight excluding hydrogens is 547 g/mol. The van der Waals surface area contributed by atoms with Gasteiger partial charge in [0, 0.05) is 47.8 Å². The van der Waals surface area contributed by atoms with Crippen LogP contribution in [0.3, 0.4) is 0 Å². The van der Waals surface area contributed by atoms with Crippen LogP contribution in [0.25, 0.3) is 38.1 Å². The van der Waals surface area contributed by atoms with Gasteiger partial charge in [0.05, 0.1) is 27.5 Å². The summed E-state index contributed by atoms with van der Waals surface area (Å²) in [5, 5.41) is 5.70. The number of imidazole rings is 1. The predicted octanol–water partition coefficient (Wildman–Crippen LogP) is 4.42. The largest absolute Gasteiger partial charge is 0.399 e. The second-order valence-electron chi connectivity index (χ2n) is 11.0. The quantitative estimate of drug-likeness (QED) is 0.113. The summed E-state index contributed by atoms with van der Waals surface area (Å²) in [6.45, 7) is 2.32. The summed E-state index contributed by atoms with van der Waals surface area (Å²) in [6, 6.07) is 16.9. The molecule has 9 nitrogen and oxygen atoms in total. The van der Waals surface area contributed by atoms with Gasteiger partial charge >= 0.3 is 0 Å². The molecule has 3 N–H and O–H groups in total. The molecule has 0 radical (unpaired) electrons. The Kier molecular flexibility index (Phi) is 6.43. The summed E-state index contributed by atoms with van der Waals surface area (Å²) in [4.78, 5) is 47.6. The van der Waals surface area contributed by atoms with Crippen LogP contribution in [0.1, 0.15) is 33.6 Å². The third-order valence-corrected chi connectivity index (χ3v) is 8.32. The third kappa shape index (κ3) is 4.33. The van der Waals surface area contributed by atoms with Gasteiger partial charge in [-0.05, 0) is 79.8 Å². The average molecular weight is 577 g/mol. The number of aromatic nitrogens is 2. The van der Waals surface area contributed by atoms with Gasteiger partial charge in [0.25, 0.3) is 11.8 Å². The molecule has 43 heavy (non-hydrogen) atoms. The van der Waals surface area contributed by atoms with Gasteiger partial charge in [0.1, 0.15) is 12.1 Å². The summed E-state index contributed by atoms with van der Waals surface area (Å²) >= 11 is 0. The van der Waals surface area contributed by atoms with E-state index >= 15 is 0 Å². The molecule has 2 amide bonds. The lowest BCUT2D eigenvalue weighted by Crippen LogP contribution is -2.41. The minimum atomic E-state index is -0.454. The fourth-order valence-electron chi connectivity index (χ4n) is 6.29. The molecule has 4 aromatic carbocycles. The fraction of sp³-hybridized carbons (Fsp3) is 0.212. The molecule has 6 aromatic rings. The minimum Gasteiger partial charge on any atom is -0.399 e. The van der Waals surface area contributed by atoms with Gasteiger partial charge in [0.15, 0.2) is 5.43 Å².